The van der Waals surface area contributed by atoms with Gasteiger partial charge in [0.1, 0.15) is 6.26 Å². The number of nitrogens with zero attached hydrogens (tertiary/aromatic N) is 1. The zero-order chi connectivity index (χ0) is 13.8. The number of carbonyl (C=O) groups is 1. The van der Waals surface area contributed by atoms with Crippen molar-refractivity contribution in [3.8, 4) is 11.5 Å². The summed E-state index contributed by atoms with van der Waals surface area (Å²) in [6.07, 6.45) is 4.93. The Morgan fingerprint density at radius 2 is 2.14 bits per heavy atom. The van der Waals surface area contributed by atoms with Crippen molar-refractivity contribution >= 4 is 24.0 Å². The lowest BCUT2D eigenvalue weighted by molar-refractivity contribution is -0.120. The topological polar surface area (TPSA) is 67.2 Å². The van der Waals surface area contributed by atoms with Gasteiger partial charge in [0, 0.05) is 17.2 Å². The predicted molar refractivity (Wildman–Crippen MR) is 83.4 cm³/mol. The van der Waals surface area contributed by atoms with Crippen LogP contribution in [0.15, 0.2) is 41.1 Å². The van der Waals surface area contributed by atoms with Crippen LogP contribution in [0.3, 0.4) is 0 Å². The number of hydrogen-bond acceptors (Lipinski definition) is 4. The molecule has 1 aromatic carbocycles. The Labute approximate surface area is 129 Å². The van der Waals surface area contributed by atoms with E-state index in [1.807, 2.05) is 24.3 Å². The van der Waals surface area contributed by atoms with E-state index in [1.165, 1.54) is 6.26 Å². The van der Waals surface area contributed by atoms with Gasteiger partial charge < -0.3 is 15.1 Å². The number of carbonyl (C=O) groups excluding carboxylic acids is 1. The third-order valence-electron chi connectivity index (χ3n) is 3.52. The van der Waals surface area contributed by atoms with Crippen LogP contribution in [0.1, 0.15) is 12.8 Å². The normalized spacial score (nSPS) is 15.2. The summed E-state index contributed by atoms with van der Waals surface area (Å²) >= 11 is 0. The van der Waals surface area contributed by atoms with Crippen LogP contribution in [0.25, 0.3) is 11.5 Å². The lowest BCUT2D eigenvalue weighted by Gasteiger charge is -2.21. The minimum Gasteiger partial charge on any atom is -0.445 e. The summed E-state index contributed by atoms with van der Waals surface area (Å²) in [5.41, 5.74) is 1.64. The second-order valence-electron chi connectivity index (χ2n) is 4.93. The smallest absolute Gasteiger partial charge is 0.227 e. The van der Waals surface area contributed by atoms with Gasteiger partial charge in [-0.05, 0) is 44.1 Å². The molecule has 1 aliphatic rings. The van der Waals surface area contributed by atoms with E-state index in [1.54, 1.807) is 6.20 Å². The lowest BCUT2D eigenvalue weighted by atomic mass is 9.97. The maximum Gasteiger partial charge on any atom is 0.227 e. The molecule has 2 heterocycles. The summed E-state index contributed by atoms with van der Waals surface area (Å²) in [6.45, 7) is 1.82. The molecule has 0 unspecified atom stereocenters. The van der Waals surface area contributed by atoms with Crippen molar-refractivity contribution in [3.05, 3.63) is 36.7 Å². The van der Waals surface area contributed by atoms with Crippen LogP contribution in [0.2, 0.25) is 0 Å². The fraction of sp³-hybridized carbons (Fsp3) is 0.333. The van der Waals surface area contributed by atoms with Crippen molar-refractivity contribution in [1.29, 1.82) is 0 Å². The minimum atomic E-state index is 0. The number of piperidine rings is 1. The average Bonchev–Trinajstić information content (AvgIpc) is 3.03. The second-order valence-corrected chi connectivity index (χ2v) is 4.93. The number of hydrogen-bond donors (Lipinski definition) is 2. The van der Waals surface area contributed by atoms with Gasteiger partial charge in [0.2, 0.25) is 11.8 Å². The maximum absolute atomic E-state index is 12.2. The maximum atomic E-state index is 12.2. The highest BCUT2D eigenvalue weighted by Gasteiger charge is 2.20. The van der Waals surface area contributed by atoms with Crippen molar-refractivity contribution < 1.29 is 9.21 Å². The number of halogens is 1. The summed E-state index contributed by atoms with van der Waals surface area (Å²) in [5, 5.41) is 6.24. The minimum absolute atomic E-state index is 0. The summed E-state index contributed by atoms with van der Waals surface area (Å²) in [7, 11) is 0. The van der Waals surface area contributed by atoms with Crippen LogP contribution in [-0.2, 0) is 4.79 Å². The molecule has 0 aliphatic carbocycles. The fourth-order valence-corrected chi connectivity index (χ4v) is 2.42. The number of rotatable bonds is 3. The molecular weight excluding hydrogens is 290 g/mol. The average molecular weight is 308 g/mol. The Bertz CT molecular complexity index is 580. The zero-order valence-corrected chi connectivity index (χ0v) is 12.4. The first-order valence-corrected chi connectivity index (χ1v) is 6.84. The second kappa shape index (κ2) is 7.24. The zero-order valence-electron chi connectivity index (χ0n) is 11.5. The van der Waals surface area contributed by atoms with Gasteiger partial charge in [-0.15, -0.1) is 12.4 Å². The Morgan fingerprint density at radius 1 is 1.33 bits per heavy atom. The first-order valence-electron chi connectivity index (χ1n) is 6.84. The number of nitrogens with one attached hydrogen (secondary N) is 2. The molecule has 1 saturated heterocycles. The van der Waals surface area contributed by atoms with E-state index < -0.39 is 0 Å². The van der Waals surface area contributed by atoms with Crippen LogP contribution in [0.5, 0.6) is 0 Å². The van der Waals surface area contributed by atoms with Crippen molar-refractivity contribution in [2.75, 3.05) is 18.4 Å². The number of benzene rings is 1. The van der Waals surface area contributed by atoms with Gasteiger partial charge in [-0.3, -0.25) is 4.79 Å². The van der Waals surface area contributed by atoms with Crippen molar-refractivity contribution in [3.63, 3.8) is 0 Å². The molecular formula is C15H18ClN3O2. The summed E-state index contributed by atoms with van der Waals surface area (Å²) in [6, 6.07) is 7.56. The van der Waals surface area contributed by atoms with Crippen molar-refractivity contribution in [2.45, 2.75) is 12.8 Å². The first kappa shape index (κ1) is 15.5. The van der Waals surface area contributed by atoms with Crippen LogP contribution >= 0.6 is 12.4 Å². The van der Waals surface area contributed by atoms with E-state index in [-0.39, 0.29) is 24.2 Å². The molecule has 112 valence electrons. The fourth-order valence-electron chi connectivity index (χ4n) is 2.42. The van der Waals surface area contributed by atoms with Gasteiger partial charge in [-0.25, -0.2) is 4.98 Å². The van der Waals surface area contributed by atoms with Crippen LogP contribution < -0.4 is 10.6 Å². The van der Waals surface area contributed by atoms with Crippen molar-refractivity contribution in [1.82, 2.24) is 10.3 Å². The standard InChI is InChI=1S/C15H17N3O2.ClH/c19-14(11-4-6-16-7-5-11)18-13-3-1-2-12(10-13)15-17-8-9-20-15;/h1-3,8-11,16H,4-7H2,(H,18,19);1H. The van der Waals surface area contributed by atoms with E-state index in [0.29, 0.717) is 5.89 Å². The van der Waals surface area contributed by atoms with Crippen LogP contribution in [0, 0.1) is 5.92 Å². The summed E-state index contributed by atoms with van der Waals surface area (Å²) in [5.74, 6) is 0.751. The molecule has 1 aliphatic heterocycles. The van der Waals surface area contributed by atoms with E-state index in [0.717, 1.165) is 37.2 Å². The monoisotopic (exact) mass is 307 g/mol. The van der Waals surface area contributed by atoms with Gasteiger partial charge >= 0.3 is 0 Å². The van der Waals surface area contributed by atoms with E-state index in [2.05, 4.69) is 15.6 Å². The number of oxazole rings is 1. The van der Waals surface area contributed by atoms with Gasteiger partial charge in [-0.2, -0.15) is 0 Å². The van der Waals surface area contributed by atoms with Crippen LogP contribution in [-0.4, -0.2) is 24.0 Å². The molecule has 0 bridgehead atoms. The van der Waals surface area contributed by atoms with E-state index in [4.69, 9.17) is 4.42 Å². The molecule has 0 atom stereocenters. The molecule has 0 radical (unpaired) electrons. The Kier molecular flexibility index (Phi) is 5.36. The van der Waals surface area contributed by atoms with Gasteiger partial charge in [0.15, 0.2) is 0 Å². The van der Waals surface area contributed by atoms with Crippen LogP contribution in [0.4, 0.5) is 5.69 Å². The molecule has 6 heteroatoms. The number of amides is 1. The lowest BCUT2D eigenvalue weighted by Crippen LogP contribution is -2.34. The van der Waals surface area contributed by atoms with Gasteiger partial charge in [0.25, 0.3) is 0 Å². The third-order valence-corrected chi connectivity index (χ3v) is 3.52. The van der Waals surface area contributed by atoms with Crippen molar-refractivity contribution in [2.24, 2.45) is 5.92 Å². The number of aromatic nitrogens is 1. The molecule has 5 nitrogen and oxygen atoms in total. The molecule has 0 saturated carbocycles. The highest BCUT2D eigenvalue weighted by molar-refractivity contribution is 5.93. The predicted octanol–water partition coefficient (Wildman–Crippen LogP) is 2.70. The third kappa shape index (κ3) is 3.83. The summed E-state index contributed by atoms with van der Waals surface area (Å²) in [4.78, 5) is 16.3. The SMILES string of the molecule is Cl.O=C(Nc1cccc(-c2ncco2)c1)C1CCNCC1. The highest BCUT2D eigenvalue weighted by Crippen LogP contribution is 2.22. The molecule has 3 rings (SSSR count). The van der Waals surface area contributed by atoms with Gasteiger partial charge in [-0.1, -0.05) is 6.07 Å². The molecule has 21 heavy (non-hydrogen) atoms. The molecule has 1 amide bonds. The number of anilines is 1. The largest absolute Gasteiger partial charge is 0.445 e. The molecule has 2 N–H and O–H groups in total. The summed E-state index contributed by atoms with van der Waals surface area (Å²) < 4.78 is 5.26. The van der Waals surface area contributed by atoms with E-state index >= 15 is 0 Å². The molecule has 2 aromatic rings. The van der Waals surface area contributed by atoms with Gasteiger partial charge in [0.05, 0.1) is 6.20 Å². The first-order chi connectivity index (χ1) is 9.83. The van der Waals surface area contributed by atoms with E-state index in [9.17, 15) is 4.79 Å². The molecule has 1 aromatic heterocycles. The quantitative estimate of drug-likeness (QED) is 0.915. The molecule has 0 spiro atoms. The highest BCUT2D eigenvalue weighted by atomic mass is 35.5. The Hall–Kier alpha value is -1.85. The molecule has 1 fully saturated rings. The Morgan fingerprint density at radius 3 is 2.86 bits per heavy atom. The Balaban J connectivity index is 0.00000161.